The molecule has 5 heteroatoms. The summed E-state index contributed by atoms with van der Waals surface area (Å²) < 4.78 is 25.7. The molecule has 0 aliphatic heterocycles. The molecule has 0 aliphatic rings. The number of rotatable bonds is 4. The first-order chi connectivity index (χ1) is 7.30. The fourth-order valence-electron chi connectivity index (χ4n) is 1.38. The van der Waals surface area contributed by atoms with Crippen LogP contribution < -0.4 is 4.72 Å². The maximum Gasteiger partial charge on any atom is 0.233 e. The van der Waals surface area contributed by atoms with Crippen LogP contribution in [0, 0.1) is 12.8 Å². The van der Waals surface area contributed by atoms with Crippen LogP contribution in [0.5, 0.6) is 5.75 Å². The highest BCUT2D eigenvalue weighted by Crippen LogP contribution is 2.25. The molecule has 0 saturated heterocycles. The van der Waals surface area contributed by atoms with E-state index in [9.17, 15) is 13.5 Å². The van der Waals surface area contributed by atoms with Gasteiger partial charge in [0, 0.05) is 0 Å². The summed E-state index contributed by atoms with van der Waals surface area (Å²) >= 11 is 0. The van der Waals surface area contributed by atoms with Crippen molar-refractivity contribution in [2.45, 2.75) is 20.8 Å². The zero-order valence-electron chi connectivity index (χ0n) is 9.69. The van der Waals surface area contributed by atoms with Crippen molar-refractivity contribution in [3.8, 4) is 5.75 Å². The van der Waals surface area contributed by atoms with Crippen LogP contribution in [0.15, 0.2) is 18.2 Å². The predicted molar refractivity (Wildman–Crippen MR) is 65.1 cm³/mol. The number of sulfonamides is 1. The lowest BCUT2D eigenvalue weighted by Crippen LogP contribution is -2.20. The Kier molecular flexibility index (Phi) is 3.80. The summed E-state index contributed by atoms with van der Waals surface area (Å²) in [5, 5.41) is 9.51. The normalized spacial score (nSPS) is 11.8. The lowest BCUT2D eigenvalue weighted by Gasteiger charge is -2.11. The molecule has 1 aromatic carbocycles. The minimum Gasteiger partial charge on any atom is -0.506 e. The van der Waals surface area contributed by atoms with Crippen molar-refractivity contribution >= 4 is 15.7 Å². The molecule has 0 fully saturated rings. The number of anilines is 1. The molecule has 4 nitrogen and oxygen atoms in total. The fraction of sp³-hybridized carbons (Fsp3) is 0.455. The van der Waals surface area contributed by atoms with Crippen LogP contribution in [0.2, 0.25) is 0 Å². The topological polar surface area (TPSA) is 66.4 Å². The van der Waals surface area contributed by atoms with Crippen LogP contribution in [-0.2, 0) is 10.0 Å². The number of aryl methyl sites for hydroxylation is 1. The van der Waals surface area contributed by atoms with E-state index in [1.165, 1.54) is 6.07 Å². The summed E-state index contributed by atoms with van der Waals surface area (Å²) in [5.74, 6) is 0.0304. The van der Waals surface area contributed by atoms with Gasteiger partial charge in [0.2, 0.25) is 10.0 Å². The maximum atomic E-state index is 11.7. The second-order valence-electron chi connectivity index (χ2n) is 4.30. The summed E-state index contributed by atoms with van der Waals surface area (Å²) in [7, 11) is -3.38. The lowest BCUT2D eigenvalue weighted by atomic mass is 10.2. The number of phenolic OH excluding ortho intramolecular Hbond substituents is 1. The Labute approximate surface area is 96.4 Å². The van der Waals surface area contributed by atoms with E-state index in [1.54, 1.807) is 12.1 Å². The van der Waals surface area contributed by atoms with Crippen molar-refractivity contribution in [1.82, 2.24) is 0 Å². The van der Waals surface area contributed by atoms with Gasteiger partial charge in [-0.2, -0.15) is 0 Å². The largest absolute Gasteiger partial charge is 0.506 e. The second-order valence-corrected chi connectivity index (χ2v) is 6.06. The quantitative estimate of drug-likeness (QED) is 0.796. The van der Waals surface area contributed by atoms with Crippen molar-refractivity contribution < 1.29 is 13.5 Å². The molecule has 0 saturated carbocycles. The van der Waals surface area contributed by atoms with Crippen LogP contribution in [0.3, 0.4) is 0 Å². The van der Waals surface area contributed by atoms with Crippen molar-refractivity contribution in [1.29, 1.82) is 0 Å². The molecule has 90 valence electrons. The van der Waals surface area contributed by atoms with Gasteiger partial charge in [0.15, 0.2) is 0 Å². The number of benzene rings is 1. The van der Waals surface area contributed by atoms with Gasteiger partial charge in [0.25, 0.3) is 0 Å². The Morgan fingerprint density at radius 1 is 1.38 bits per heavy atom. The molecule has 0 radical (unpaired) electrons. The number of aromatic hydroxyl groups is 1. The first-order valence-corrected chi connectivity index (χ1v) is 6.75. The van der Waals surface area contributed by atoms with E-state index in [1.807, 2.05) is 20.8 Å². The lowest BCUT2D eigenvalue weighted by molar-refractivity contribution is 0.477. The van der Waals surface area contributed by atoms with Gasteiger partial charge in [-0.3, -0.25) is 4.72 Å². The smallest absolute Gasteiger partial charge is 0.233 e. The molecule has 0 atom stereocenters. The zero-order chi connectivity index (χ0) is 12.3. The third-order valence-electron chi connectivity index (χ3n) is 1.97. The summed E-state index contributed by atoms with van der Waals surface area (Å²) in [5.41, 5.74) is 1.13. The Bertz CT molecular complexity index is 466. The van der Waals surface area contributed by atoms with Gasteiger partial charge in [-0.05, 0) is 30.5 Å². The van der Waals surface area contributed by atoms with Gasteiger partial charge >= 0.3 is 0 Å². The van der Waals surface area contributed by atoms with Gasteiger partial charge < -0.3 is 5.11 Å². The van der Waals surface area contributed by atoms with E-state index < -0.39 is 10.0 Å². The number of nitrogens with one attached hydrogen (secondary N) is 1. The molecule has 0 aromatic heterocycles. The van der Waals surface area contributed by atoms with Crippen LogP contribution in [0.1, 0.15) is 19.4 Å². The Morgan fingerprint density at radius 2 is 2.00 bits per heavy atom. The van der Waals surface area contributed by atoms with Gasteiger partial charge in [-0.25, -0.2) is 8.42 Å². The van der Waals surface area contributed by atoms with Crippen LogP contribution in [0.4, 0.5) is 5.69 Å². The van der Waals surface area contributed by atoms with Crippen LogP contribution in [0.25, 0.3) is 0 Å². The molecule has 2 N–H and O–H groups in total. The van der Waals surface area contributed by atoms with Gasteiger partial charge in [-0.15, -0.1) is 0 Å². The van der Waals surface area contributed by atoms with E-state index >= 15 is 0 Å². The summed E-state index contributed by atoms with van der Waals surface area (Å²) in [6, 6.07) is 4.80. The van der Waals surface area contributed by atoms with Crippen LogP contribution in [-0.4, -0.2) is 19.3 Å². The summed E-state index contributed by atoms with van der Waals surface area (Å²) in [6.07, 6.45) is 0. The Balaban J connectivity index is 2.92. The van der Waals surface area contributed by atoms with E-state index in [0.717, 1.165) is 5.56 Å². The summed E-state index contributed by atoms with van der Waals surface area (Å²) in [4.78, 5) is 0. The minimum atomic E-state index is -3.38. The average Bonchev–Trinajstić information content (AvgIpc) is 2.08. The van der Waals surface area contributed by atoms with Crippen molar-refractivity contribution in [2.24, 2.45) is 5.92 Å². The van der Waals surface area contributed by atoms with Gasteiger partial charge in [0.1, 0.15) is 5.75 Å². The highest BCUT2D eigenvalue weighted by molar-refractivity contribution is 7.92. The molecule has 0 bridgehead atoms. The molecule has 0 amide bonds. The van der Waals surface area contributed by atoms with Gasteiger partial charge in [0.05, 0.1) is 11.4 Å². The van der Waals surface area contributed by atoms with Crippen molar-refractivity contribution in [2.75, 3.05) is 10.5 Å². The highest BCUT2D eigenvalue weighted by Gasteiger charge is 2.14. The highest BCUT2D eigenvalue weighted by atomic mass is 32.2. The maximum absolute atomic E-state index is 11.7. The Morgan fingerprint density at radius 3 is 2.56 bits per heavy atom. The molecule has 0 spiro atoms. The van der Waals surface area contributed by atoms with E-state index in [0.29, 0.717) is 0 Å². The average molecular weight is 243 g/mol. The standard InChI is InChI=1S/C11H17NO3S/c1-8(2)7-16(14,15)12-10-6-9(3)4-5-11(10)13/h4-6,8,12-13H,7H2,1-3H3. The molecule has 16 heavy (non-hydrogen) atoms. The number of phenols is 1. The Hall–Kier alpha value is -1.23. The molecule has 0 unspecified atom stereocenters. The predicted octanol–water partition coefficient (Wildman–Crippen LogP) is 2.10. The molecule has 1 aromatic rings. The third kappa shape index (κ3) is 3.73. The van der Waals surface area contributed by atoms with E-state index in [2.05, 4.69) is 4.72 Å². The number of hydrogen-bond acceptors (Lipinski definition) is 3. The molecule has 0 heterocycles. The van der Waals surface area contributed by atoms with Crippen molar-refractivity contribution in [3.63, 3.8) is 0 Å². The first kappa shape index (κ1) is 12.8. The molecular formula is C11H17NO3S. The zero-order valence-corrected chi connectivity index (χ0v) is 10.5. The van der Waals surface area contributed by atoms with Crippen molar-refractivity contribution in [3.05, 3.63) is 23.8 Å². The second kappa shape index (κ2) is 4.74. The summed E-state index contributed by atoms with van der Waals surface area (Å²) in [6.45, 7) is 5.49. The van der Waals surface area contributed by atoms with E-state index in [4.69, 9.17) is 0 Å². The fourth-order valence-corrected chi connectivity index (χ4v) is 2.84. The molecular weight excluding hydrogens is 226 g/mol. The minimum absolute atomic E-state index is 0.0420. The third-order valence-corrected chi connectivity index (χ3v) is 3.61. The molecule has 0 aliphatic carbocycles. The SMILES string of the molecule is Cc1ccc(O)c(NS(=O)(=O)CC(C)C)c1. The first-order valence-electron chi connectivity index (χ1n) is 5.10. The van der Waals surface area contributed by atoms with E-state index in [-0.39, 0.29) is 23.1 Å². The van der Waals surface area contributed by atoms with Gasteiger partial charge in [-0.1, -0.05) is 19.9 Å². The number of hydrogen-bond donors (Lipinski definition) is 2. The van der Waals surface area contributed by atoms with Crippen LogP contribution >= 0.6 is 0 Å². The molecule has 1 rings (SSSR count). The monoisotopic (exact) mass is 243 g/mol.